The van der Waals surface area contributed by atoms with Crippen molar-refractivity contribution in [3.63, 3.8) is 0 Å². The second kappa shape index (κ2) is 23.3. The van der Waals surface area contributed by atoms with Crippen LogP contribution in [0.5, 0.6) is 0 Å². The molecule has 1 aromatic carbocycles. The molecule has 1 atom stereocenters. The van der Waals surface area contributed by atoms with E-state index in [-0.39, 0.29) is 0 Å². The van der Waals surface area contributed by atoms with Gasteiger partial charge in [-0.1, -0.05) is 107 Å². The molecule has 1 heterocycles. The molecule has 1 unspecified atom stereocenters. The van der Waals surface area contributed by atoms with Crippen LogP contribution in [0, 0.1) is 0 Å². The Kier molecular flexibility index (Phi) is 21.1. The third kappa shape index (κ3) is 21.3. The quantitative estimate of drug-likeness (QED) is 0.213. The van der Waals surface area contributed by atoms with Crippen molar-refractivity contribution < 1.29 is 37.9 Å². The Labute approximate surface area is 227 Å². The summed E-state index contributed by atoms with van der Waals surface area (Å²) in [5.41, 5.74) is 1.28. The maximum absolute atomic E-state index is 10.5. The molecule has 0 aromatic heterocycles. The minimum Gasteiger partial charge on any atom is -0.542 e. The van der Waals surface area contributed by atoms with Gasteiger partial charge in [0.25, 0.3) is 0 Å². The number of quaternary nitrogens is 1. The number of carboxylic acid groups (broad SMARTS) is 1. The van der Waals surface area contributed by atoms with Crippen LogP contribution in [-0.4, -0.2) is 44.6 Å². The van der Waals surface area contributed by atoms with Gasteiger partial charge in [0.1, 0.15) is 18.6 Å². The maximum atomic E-state index is 10.5. The third-order valence-electron chi connectivity index (χ3n) is 6.74. The largest absolute Gasteiger partial charge is 0.542 e. The van der Waals surface area contributed by atoms with Crippen LogP contribution in [0.3, 0.4) is 0 Å². The number of carboxylic acids is 1. The Morgan fingerprint density at radius 3 is 1.74 bits per heavy atom. The molecule has 2 N–H and O–H groups in total. The smallest absolute Gasteiger partial charge is 0.430 e. The van der Waals surface area contributed by atoms with Gasteiger partial charge < -0.3 is 24.7 Å². The van der Waals surface area contributed by atoms with Gasteiger partial charge in [-0.25, -0.2) is 0 Å². The van der Waals surface area contributed by atoms with Gasteiger partial charge in [0.15, 0.2) is 0 Å². The average Bonchev–Trinajstić information content (AvgIpc) is 2.91. The zero-order valence-electron chi connectivity index (χ0n) is 23.2. The molecule has 1 aliphatic rings. The fourth-order valence-corrected chi connectivity index (χ4v) is 4.50. The Balaban J connectivity index is 0.000000905. The van der Waals surface area contributed by atoms with Crippen molar-refractivity contribution >= 4 is 5.97 Å². The minimum absolute atomic E-state index is 0.535. The van der Waals surface area contributed by atoms with Crippen molar-refractivity contribution in [1.29, 1.82) is 0 Å². The summed E-state index contributed by atoms with van der Waals surface area (Å²) in [5.74, 6) is -3.01. The summed E-state index contributed by atoms with van der Waals surface area (Å²) < 4.78 is 43.3. The molecule has 0 bridgehead atoms. The van der Waals surface area contributed by atoms with Crippen LogP contribution in [0.15, 0.2) is 30.3 Å². The van der Waals surface area contributed by atoms with Crippen molar-refractivity contribution in [2.45, 2.75) is 122 Å². The van der Waals surface area contributed by atoms with Crippen LogP contribution in [0.4, 0.5) is 13.2 Å². The van der Waals surface area contributed by atoms with E-state index in [0.717, 1.165) is 19.8 Å². The van der Waals surface area contributed by atoms with Gasteiger partial charge in [0, 0.05) is 13.2 Å². The molecule has 1 aliphatic heterocycles. The van der Waals surface area contributed by atoms with Crippen LogP contribution >= 0.6 is 0 Å². The molecule has 8 heteroatoms. The summed E-state index contributed by atoms with van der Waals surface area (Å²) in [6, 6.07) is 10.5. The lowest BCUT2D eigenvalue weighted by Crippen LogP contribution is -2.88. The van der Waals surface area contributed by atoms with Gasteiger partial charge in [-0.05, 0) is 31.2 Å². The summed E-state index contributed by atoms with van der Waals surface area (Å²) in [6.45, 7) is 5.13. The van der Waals surface area contributed by atoms with Gasteiger partial charge in [0.05, 0.1) is 13.2 Å². The van der Waals surface area contributed by atoms with Crippen molar-refractivity contribution in [1.82, 2.24) is 0 Å². The van der Waals surface area contributed by atoms with Crippen molar-refractivity contribution in [2.24, 2.45) is 0 Å². The Hall–Kier alpha value is -1.64. The van der Waals surface area contributed by atoms with Gasteiger partial charge in [-0.2, -0.15) is 13.2 Å². The van der Waals surface area contributed by atoms with Crippen molar-refractivity contribution in [2.75, 3.05) is 26.3 Å². The summed E-state index contributed by atoms with van der Waals surface area (Å²) in [4.78, 5) is 8.78. The average molecular weight is 546 g/mol. The number of piperidine rings is 1. The number of hydrogen-bond acceptors (Lipinski definition) is 4. The van der Waals surface area contributed by atoms with Crippen LogP contribution in [-0.2, 0) is 20.9 Å². The van der Waals surface area contributed by atoms with E-state index in [0.29, 0.717) is 6.10 Å². The fourth-order valence-electron chi connectivity index (χ4n) is 4.50. The highest BCUT2D eigenvalue weighted by Crippen LogP contribution is 2.14. The molecule has 1 saturated heterocycles. The molecule has 0 aliphatic carbocycles. The number of unbranched alkanes of at least 4 members (excludes halogenated alkanes) is 13. The number of alkyl halides is 3. The predicted octanol–water partition coefficient (Wildman–Crippen LogP) is 5.71. The van der Waals surface area contributed by atoms with E-state index in [4.69, 9.17) is 19.4 Å². The van der Waals surface area contributed by atoms with Crippen LogP contribution in [0.1, 0.15) is 108 Å². The molecule has 0 spiro atoms. The lowest BCUT2D eigenvalue weighted by atomic mass is 10.0. The van der Waals surface area contributed by atoms with Crippen LogP contribution < -0.4 is 10.4 Å². The number of carbonyl (C=O) groups is 1. The van der Waals surface area contributed by atoms with E-state index < -0.39 is 12.1 Å². The number of benzene rings is 1. The number of carbonyl (C=O) groups excluding carboxylic acids is 1. The molecule has 0 saturated carbocycles. The summed E-state index contributed by atoms with van der Waals surface area (Å²) in [6.07, 6.45) is 17.3. The highest BCUT2D eigenvalue weighted by molar-refractivity contribution is 5.70. The molecule has 0 amide bonds. The topological polar surface area (TPSA) is 75.2 Å². The minimum atomic E-state index is -5.19. The molecule has 220 valence electrons. The van der Waals surface area contributed by atoms with E-state index >= 15 is 0 Å². The van der Waals surface area contributed by atoms with Gasteiger partial charge in [-0.3, -0.25) is 0 Å². The Bertz CT molecular complexity index is 667. The number of hydrogen-bond donors (Lipinski definition) is 1. The van der Waals surface area contributed by atoms with E-state index in [9.17, 15) is 13.2 Å². The second-order valence-electron chi connectivity index (χ2n) is 10.2. The molecule has 5 nitrogen and oxygen atoms in total. The van der Waals surface area contributed by atoms with Crippen LogP contribution in [0.2, 0.25) is 0 Å². The van der Waals surface area contributed by atoms with Gasteiger partial charge in [-0.15, -0.1) is 0 Å². The van der Waals surface area contributed by atoms with E-state index in [1.807, 2.05) is 0 Å². The SMILES string of the molecule is O=C([O-])C(F)(F)F.c1ccc(COCCCCCCCCCCCCCCCCOC2CCC[NH2+]C2)cc1. The van der Waals surface area contributed by atoms with E-state index in [1.165, 1.54) is 121 Å². The van der Waals surface area contributed by atoms with Crippen molar-refractivity contribution in [3.8, 4) is 0 Å². The Morgan fingerprint density at radius 1 is 0.816 bits per heavy atom. The van der Waals surface area contributed by atoms with Gasteiger partial charge in [0.2, 0.25) is 0 Å². The number of rotatable bonds is 20. The third-order valence-corrected chi connectivity index (χ3v) is 6.74. The lowest BCUT2D eigenvalue weighted by molar-refractivity contribution is -0.670. The summed E-state index contributed by atoms with van der Waals surface area (Å²) >= 11 is 0. The first-order valence-corrected chi connectivity index (χ1v) is 14.7. The second-order valence-corrected chi connectivity index (χ2v) is 10.2. The standard InChI is InChI=1S/C28H49NO2.C2HF3O2/c1(2-4-6-8-10-12-17-24-31-28-21-18-22-29-25-28)3-5-7-9-11-16-23-30-26-27-19-14-13-15-20-27;3-2(4,5)1(6)7/h13-15,19-20,28-29H,1-12,16-18,21-26H2;(H,6,7). The lowest BCUT2D eigenvalue weighted by Gasteiger charge is -2.20. The monoisotopic (exact) mass is 545 g/mol. The molecular weight excluding hydrogens is 495 g/mol. The first-order chi connectivity index (χ1) is 18.4. The molecule has 1 fully saturated rings. The van der Waals surface area contributed by atoms with E-state index in [1.54, 1.807) is 0 Å². The number of aliphatic carboxylic acids is 1. The highest BCUT2D eigenvalue weighted by atomic mass is 19.4. The van der Waals surface area contributed by atoms with E-state index in [2.05, 4.69) is 35.6 Å². The first-order valence-electron chi connectivity index (χ1n) is 14.7. The molecular formula is C30H50F3NO4. The van der Waals surface area contributed by atoms with Crippen molar-refractivity contribution in [3.05, 3.63) is 35.9 Å². The molecule has 2 rings (SSSR count). The first kappa shape index (κ1) is 34.4. The fraction of sp³-hybridized carbons (Fsp3) is 0.767. The normalized spacial score (nSPS) is 15.6. The predicted molar refractivity (Wildman–Crippen MR) is 142 cm³/mol. The zero-order valence-corrected chi connectivity index (χ0v) is 23.2. The maximum Gasteiger partial charge on any atom is 0.430 e. The summed E-state index contributed by atoms with van der Waals surface area (Å²) in [7, 11) is 0. The highest BCUT2D eigenvalue weighted by Gasteiger charge is 2.28. The number of nitrogens with two attached hydrogens (primary N) is 1. The molecule has 0 radical (unpaired) electrons. The molecule has 1 aromatic rings. The molecule has 38 heavy (non-hydrogen) atoms. The van der Waals surface area contributed by atoms with Crippen LogP contribution in [0.25, 0.3) is 0 Å². The zero-order chi connectivity index (χ0) is 27.7. The Morgan fingerprint density at radius 2 is 1.29 bits per heavy atom. The van der Waals surface area contributed by atoms with Gasteiger partial charge >= 0.3 is 6.18 Å². The number of ether oxygens (including phenoxy) is 2. The number of halogens is 3. The summed E-state index contributed by atoms with van der Waals surface area (Å²) in [5, 5.41) is 11.2.